The van der Waals surface area contributed by atoms with Crippen molar-refractivity contribution in [3.05, 3.63) is 131 Å². The standard InChI is InChI=1S/2C25H22F5N3O6S/c2*1-37-22-9-16(14-2-3-18(26)17(8-14)25(28,29)30)19(27)10-21(22)33-20-4-6-32(11-23(20)38-12-24(33)34)40(35,36)13-15-5-7-39-31-15/h2*2-3,5,7-10,20,23H,4,6,11-13H2,1H3/t2*20-,23-/m10/s1. The summed E-state index contributed by atoms with van der Waals surface area (Å²) in [6, 6.07) is 9.89. The van der Waals surface area contributed by atoms with E-state index in [1.165, 1.54) is 57.3 Å². The highest BCUT2D eigenvalue weighted by molar-refractivity contribution is 7.88. The normalized spacial score (nSPS) is 20.4. The summed E-state index contributed by atoms with van der Waals surface area (Å²) < 4.78 is 223. The van der Waals surface area contributed by atoms with E-state index in [1.54, 1.807) is 0 Å². The number of anilines is 2. The fraction of sp³-hybridized carbons (Fsp3) is 0.360. The molecule has 2 amide bonds. The zero-order chi connectivity index (χ0) is 57.6. The number of sulfonamides is 2. The molecule has 4 fully saturated rings. The number of carbonyl (C=O) groups is 2. The Morgan fingerprint density at radius 2 is 0.950 bits per heavy atom. The highest BCUT2D eigenvalue weighted by Gasteiger charge is 2.47. The third-order valence-electron chi connectivity index (χ3n) is 13.7. The van der Waals surface area contributed by atoms with Gasteiger partial charge in [-0.2, -0.15) is 35.0 Å². The SMILES string of the molecule is COc1cc(-c2ccc(F)c(C(F)(F)F)c2)c(F)cc1N1C(=O)CO[C@@H]2CN(S(=O)(=O)Cc3ccon3)CC[C@H]21.COc1cc(-c2ccc(F)c(C(F)(F)F)c2)c(F)cc1N1C(=O)CO[C@H]2CN(S(=O)(=O)Cc3ccon3)CC[C@@H]21. The molecule has 4 atom stereocenters. The van der Waals surface area contributed by atoms with Gasteiger partial charge in [0.15, 0.2) is 0 Å². The van der Waals surface area contributed by atoms with Gasteiger partial charge in [0, 0.05) is 61.6 Å². The average molecular weight is 1180 g/mol. The number of rotatable bonds is 12. The number of benzene rings is 4. The van der Waals surface area contributed by atoms with Crippen LogP contribution >= 0.6 is 0 Å². The number of piperidine rings is 2. The number of hydrogen-bond acceptors (Lipinski definition) is 14. The van der Waals surface area contributed by atoms with Crippen molar-refractivity contribution in [2.45, 2.75) is 61.0 Å². The maximum atomic E-state index is 15.4. The van der Waals surface area contributed by atoms with Crippen LogP contribution in [0.5, 0.6) is 11.5 Å². The lowest BCUT2D eigenvalue weighted by Gasteiger charge is -2.46. The van der Waals surface area contributed by atoms with Crippen LogP contribution in [0, 0.1) is 23.3 Å². The zero-order valence-corrected chi connectivity index (χ0v) is 43.3. The number of carbonyl (C=O) groups excluding carboxylic acids is 2. The number of ether oxygens (including phenoxy) is 4. The molecule has 0 saturated carbocycles. The van der Waals surface area contributed by atoms with Gasteiger partial charge in [-0.15, -0.1) is 0 Å². The molecule has 0 radical (unpaired) electrons. The molecule has 80 heavy (non-hydrogen) atoms. The smallest absolute Gasteiger partial charge is 0.419 e. The van der Waals surface area contributed by atoms with Crippen LogP contribution in [0.2, 0.25) is 0 Å². The summed E-state index contributed by atoms with van der Waals surface area (Å²) in [7, 11) is -5.09. The van der Waals surface area contributed by atoms with E-state index in [0.29, 0.717) is 24.3 Å². The topological polar surface area (TPSA) is 204 Å². The van der Waals surface area contributed by atoms with Crippen molar-refractivity contribution in [1.82, 2.24) is 18.9 Å². The Labute approximate surface area is 448 Å². The van der Waals surface area contributed by atoms with Crippen LogP contribution in [-0.2, 0) is 63.0 Å². The minimum atomic E-state index is -4.99. The van der Waals surface area contributed by atoms with Crippen LogP contribution in [0.1, 0.15) is 35.4 Å². The lowest BCUT2D eigenvalue weighted by Crippen LogP contribution is -2.62. The maximum Gasteiger partial charge on any atom is 0.419 e. The number of fused-ring (bicyclic) bond motifs is 2. The molecule has 18 nitrogen and oxygen atoms in total. The molecule has 0 spiro atoms. The zero-order valence-electron chi connectivity index (χ0n) is 41.6. The van der Waals surface area contributed by atoms with E-state index in [2.05, 4.69) is 10.3 Å². The molecule has 428 valence electrons. The van der Waals surface area contributed by atoms with Gasteiger partial charge in [-0.1, -0.05) is 22.4 Å². The van der Waals surface area contributed by atoms with Crippen molar-refractivity contribution in [2.75, 3.05) is 63.4 Å². The summed E-state index contributed by atoms with van der Waals surface area (Å²) in [5.74, 6) is -6.84. The Balaban J connectivity index is 0.000000194. The van der Waals surface area contributed by atoms with E-state index < -0.39 is 116 Å². The van der Waals surface area contributed by atoms with E-state index >= 15 is 8.78 Å². The molecule has 4 aromatic carbocycles. The van der Waals surface area contributed by atoms with E-state index in [9.17, 15) is 61.5 Å². The molecule has 0 unspecified atom stereocenters. The quantitative estimate of drug-likeness (QED) is 0.107. The number of aromatic nitrogens is 2. The Hall–Kier alpha value is -7.12. The molecule has 6 aromatic rings. The number of halogens is 10. The molecule has 10 rings (SSSR count). The molecular formula is C50H44F10N6O12S2. The summed E-state index contributed by atoms with van der Waals surface area (Å²) in [4.78, 5) is 28.5. The van der Waals surface area contributed by atoms with E-state index in [-0.39, 0.29) is 107 Å². The first-order valence-corrected chi connectivity index (χ1v) is 27.1. The van der Waals surface area contributed by atoms with Gasteiger partial charge in [0.1, 0.15) is 72.0 Å². The van der Waals surface area contributed by atoms with Crippen molar-refractivity contribution in [3.8, 4) is 33.8 Å². The first kappa shape index (κ1) is 57.6. The van der Waals surface area contributed by atoms with E-state index in [4.69, 9.17) is 28.0 Å². The number of alkyl halides is 6. The molecule has 4 aliphatic rings. The lowest BCUT2D eigenvalue weighted by atomic mass is 9.97. The Kier molecular flexibility index (Phi) is 16.1. The minimum absolute atomic E-state index is 0.00381. The van der Waals surface area contributed by atoms with Crippen molar-refractivity contribution in [1.29, 1.82) is 0 Å². The fourth-order valence-electron chi connectivity index (χ4n) is 9.90. The maximum absolute atomic E-state index is 15.4. The number of hydrogen-bond donors (Lipinski definition) is 0. The molecule has 0 aliphatic carbocycles. The minimum Gasteiger partial charge on any atom is -0.495 e. The summed E-state index contributed by atoms with van der Waals surface area (Å²) in [5, 5.41) is 7.26. The van der Waals surface area contributed by atoms with Crippen LogP contribution in [0.15, 0.2) is 94.4 Å². The van der Waals surface area contributed by atoms with Gasteiger partial charge < -0.3 is 37.8 Å². The first-order chi connectivity index (χ1) is 37.8. The van der Waals surface area contributed by atoms with Gasteiger partial charge in [0.2, 0.25) is 20.0 Å². The highest BCUT2D eigenvalue weighted by Crippen LogP contribution is 2.44. The second-order valence-corrected chi connectivity index (χ2v) is 22.5. The Morgan fingerprint density at radius 3 is 1.29 bits per heavy atom. The molecule has 4 saturated heterocycles. The predicted octanol–water partition coefficient (Wildman–Crippen LogP) is 7.97. The number of amides is 2. The predicted molar refractivity (Wildman–Crippen MR) is 259 cm³/mol. The molecule has 2 aromatic heterocycles. The number of morpholine rings is 2. The fourth-order valence-corrected chi connectivity index (χ4v) is 12.8. The second-order valence-electron chi connectivity index (χ2n) is 18.5. The average Bonchev–Trinajstić information content (AvgIpc) is 4.15. The lowest BCUT2D eigenvalue weighted by molar-refractivity contribution is -0.140. The molecule has 0 bridgehead atoms. The first-order valence-electron chi connectivity index (χ1n) is 23.9. The monoisotopic (exact) mass is 1170 g/mol. The van der Waals surface area contributed by atoms with Gasteiger partial charge in [-0.25, -0.2) is 34.4 Å². The number of methoxy groups -OCH3 is 2. The third-order valence-corrected chi connectivity index (χ3v) is 17.2. The Bertz CT molecular complexity index is 3290. The van der Waals surface area contributed by atoms with Crippen LogP contribution < -0.4 is 19.3 Å². The second kappa shape index (κ2) is 22.4. The van der Waals surface area contributed by atoms with Crippen LogP contribution in [0.25, 0.3) is 22.3 Å². The molecule has 0 N–H and O–H groups in total. The van der Waals surface area contributed by atoms with Crippen molar-refractivity contribution < 1.29 is 98.3 Å². The molecular weight excluding hydrogens is 1130 g/mol. The number of nitrogens with zero attached hydrogens (tertiary/aromatic N) is 6. The van der Waals surface area contributed by atoms with Gasteiger partial charge >= 0.3 is 12.4 Å². The molecule has 6 heterocycles. The summed E-state index contributed by atoms with van der Waals surface area (Å²) in [5.41, 5.74) is -3.71. The molecule has 30 heteroatoms. The summed E-state index contributed by atoms with van der Waals surface area (Å²) in [6.07, 6.45) is -8.68. The van der Waals surface area contributed by atoms with Crippen molar-refractivity contribution in [3.63, 3.8) is 0 Å². The van der Waals surface area contributed by atoms with Crippen molar-refractivity contribution >= 4 is 43.2 Å². The van der Waals surface area contributed by atoms with E-state index in [0.717, 1.165) is 36.4 Å². The summed E-state index contributed by atoms with van der Waals surface area (Å²) in [6.45, 7) is -0.920. The molecule has 4 aliphatic heterocycles. The van der Waals surface area contributed by atoms with Crippen LogP contribution in [-0.4, -0.2) is 125 Å². The van der Waals surface area contributed by atoms with Crippen molar-refractivity contribution in [2.24, 2.45) is 0 Å². The van der Waals surface area contributed by atoms with E-state index in [1.807, 2.05) is 0 Å². The largest absolute Gasteiger partial charge is 0.495 e. The third kappa shape index (κ3) is 11.9. The van der Waals surface area contributed by atoms with Gasteiger partial charge in [-0.05, 0) is 60.4 Å². The van der Waals surface area contributed by atoms with Gasteiger partial charge in [-0.3, -0.25) is 9.59 Å². The summed E-state index contributed by atoms with van der Waals surface area (Å²) >= 11 is 0. The van der Waals surface area contributed by atoms with Crippen LogP contribution in [0.3, 0.4) is 0 Å². The Morgan fingerprint density at radius 1 is 0.562 bits per heavy atom. The van der Waals surface area contributed by atoms with Gasteiger partial charge in [0.05, 0.1) is 72.4 Å². The highest BCUT2D eigenvalue weighted by atomic mass is 32.2. The van der Waals surface area contributed by atoms with Gasteiger partial charge in [0.25, 0.3) is 11.8 Å². The van der Waals surface area contributed by atoms with Crippen LogP contribution in [0.4, 0.5) is 55.3 Å².